The van der Waals surface area contributed by atoms with Crippen molar-refractivity contribution in [2.45, 2.75) is 45.8 Å². The van der Waals surface area contributed by atoms with Gasteiger partial charge in [0.2, 0.25) is 0 Å². The van der Waals surface area contributed by atoms with Crippen molar-refractivity contribution in [1.82, 2.24) is 14.3 Å². The van der Waals surface area contributed by atoms with E-state index in [9.17, 15) is 14.4 Å². The van der Waals surface area contributed by atoms with Gasteiger partial charge in [0.05, 0.1) is 11.6 Å². The summed E-state index contributed by atoms with van der Waals surface area (Å²) < 4.78 is 12.1. The first-order valence-electron chi connectivity index (χ1n) is 9.35. The summed E-state index contributed by atoms with van der Waals surface area (Å²) in [6.07, 6.45) is 2.32. The first-order valence-corrected chi connectivity index (χ1v) is 9.35. The molecule has 0 unspecified atom stereocenters. The molecule has 0 bridgehead atoms. The first kappa shape index (κ1) is 19.9. The minimum absolute atomic E-state index is 0.0499. The molecule has 0 spiro atoms. The summed E-state index contributed by atoms with van der Waals surface area (Å²) in [7, 11) is 0. The van der Waals surface area contributed by atoms with E-state index in [0.29, 0.717) is 37.3 Å². The van der Waals surface area contributed by atoms with E-state index in [2.05, 4.69) is 4.98 Å². The highest BCUT2D eigenvalue weighted by Crippen LogP contribution is 2.21. The summed E-state index contributed by atoms with van der Waals surface area (Å²) in [5, 5.41) is 0. The molecule has 1 amide bonds. The lowest BCUT2D eigenvalue weighted by atomic mass is 9.97. The van der Waals surface area contributed by atoms with E-state index in [1.54, 1.807) is 29.3 Å². The van der Waals surface area contributed by atoms with Crippen molar-refractivity contribution >= 4 is 17.7 Å². The van der Waals surface area contributed by atoms with Crippen LogP contribution in [0, 0.1) is 5.92 Å². The molecule has 2 aromatic heterocycles. The van der Waals surface area contributed by atoms with Gasteiger partial charge in [0.15, 0.2) is 0 Å². The summed E-state index contributed by atoms with van der Waals surface area (Å²) >= 11 is 0. The number of carbonyl (C=O) groups is 2. The molecular formula is C20H25N3O5. The minimum atomic E-state index is -0.543. The molecular weight excluding hydrogens is 362 g/mol. The molecule has 0 aliphatic carbocycles. The Morgan fingerprint density at radius 3 is 2.61 bits per heavy atom. The maximum atomic E-state index is 12.4. The molecule has 150 valence electrons. The second kappa shape index (κ2) is 8.00. The van der Waals surface area contributed by atoms with Gasteiger partial charge in [0.1, 0.15) is 17.9 Å². The number of rotatable bonds is 3. The van der Waals surface area contributed by atoms with E-state index in [4.69, 9.17) is 9.47 Å². The van der Waals surface area contributed by atoms with Crippen LogP contribution in [0.1, 0.15) is 39.3 Å². The average Bonchev–Trinajstić information content (AvgIpc) is 2.65. The van der Waals surface area contributed by atoms with Gasteiger partial charge in [-0.1, -0.05) is 6.07 Å². The van der Waals surface area contributed by atoms with Crippen LogP contribution in [0.5, 0.6) is 0 Å². The van der Waals surface area contributed by atoms with Crippen molar-refractivity contribution in [2.24, 2.45) is 5.92 Å². The normalized spacial score (nSPS) is 15.5. The van der Waals surface area contributed by atoms with Gasteiger partial charge in [-0.05, 0) is 45.7 Å². The standard InChI is InChI=1S/C20H25N3O5/c1-20(2,3)28-19(26)22-10-7-14(8-11-22)18(25)27-13-15-12-17(24)23-9-5-4-6-16(23)21-15/h4-6,9,12,14H,7-8,10-11,13H2,1-3H3. The molecule has 0 N–H and O–H groups in total. The van der Waals surface area contributed by atoms with E-state index in [0.717, 1.165) is 0 Å². The van der Waals surface area contributed by atoms with Gasteiger partial charge in [0.25, 0.3) is 5.56 Å². The Bertz CT molecular complexity index is 923. The summed E-state index contributed by atoms with van der Waals surface area (Å²) in [6, 6.07) is 6.62. The van der Waals surface area contributed by atoms with Crippen LogP contribution in [-0.4, -0.2) is 45.0 Å². The Hall–Kier alpha value is -2.90. The Kier molecular flexibility index (Phi) is 5.67. The number of amides is 1. The predicted molar refractivity (Wildman–Crippen MR) is 102 cm³/mol. The van der Waals surface area contributed by atoms with Gasteiger partial charge in [-0.25, -0.2) is 9.78 Å². The fraction of sp³-hybridized carbons (Fsp3) is 0.500. The van der Waals surface area contributed by atoms with Gasteiger partial charge in [-0.15, -0.1) is 0 Å². The summed E-state index contributed by atoms with van der Waals surface area (Å²) in [5.41, 5.74) is 0.156. The summed E-state index contributed by atoms with van der Waals surface area (Å²) in [6.45, 7) is 6.31. The second-order valence-electron chi connectivity index (χ2n) is 7.86. The van der Waals surface area contributed by atoms with Crippen LogP contribution >= 0.6 is 0 Å². The van der Waals surface area contributed by atoms with Crippen molar-refractivity contribution in [3.8, 4) is 0 Å². The molecule has 0 atom stereocenters. The number of likely N-dealkylation sites (tertiary alicyclic amines) is 1. The molecule has 1 fully saturated rings. The van der Waals surface area contributed by atoms with Crippen molar-refractivity contribution in [1.29, 1.82) is 0 Å². The van der Waals surface area contributed by atoms with Crippen molar-refractivity contribution < 1.29 is 19.1 Å². The van der Waals surface area contributed by atoms with Crippen molar-refractivity contribution in [3.63, 3.8) is 0 Å². The van der Waals surface area contributed by atoms with Crippen LogP contribution in [0.2, 0.25) is 0 Å². The van der Waals surface area contributed by atoms with E-state index >= 15 is 0 Å². The Morgan fingerprint density at radius 2 is 1.93 bits per heavy atom. The number of hydrogen-bond acceptors (Lipinski definition) is 6. The van der Waals surface area contributed by atoms with Crippen LogP contribution in [0.4, 0.5) is 4.79 Å². The fourth-order valence-corrected chi connectivity index (χ4v) is 3.06. The van der Waals surface area contributed by atoms with Crippen LogP contribution < -0.4 is 5.56 Å². The number of carbonyl (C=O) groups excluding carboxylic acids is 2. The van der Waals surface area contributed by atoms with Crippen LogP contribution in [0.15, 0.2) is 35.3 Å². The van der Waals surface area contributed by atoms with Gasteiger partial charge in [-0.3, -0.25) is 14.0 Å². The number of nitrogens with zero attached hydrogens (tertiary/aromatic N) is 3. The van der Waals surface area contributed by atoms with Crippen molar-refractivity contribution in [3.05, 3.63) is 46.5 Å². The average molecular weight is 387 g/mol. The molecule has 8 nitrogen and oxygen atoms in total. The molecule has 1 aliphatic rings. The van der Waals surface area contributed by atoms with Crippen molar-refractivity contribution in [2.75, 3.05) is 13.1 Å². The van der Waals surface area contributed by atoms with E-state index < -0.39 is 5.60 Å². The lowest BCUT2D eigenvalue weighted by molar-refractivity contribution is -0.151. The number of fused-ring (bicyclic) bond motifs is 1. The molecule has 8 heteroatoms. The molecule has 28 heavy (non-hydrogen) atoms. The lowest BCUT2D eigenvalue weighted by Gasteiger charge is -2.32. The van der Waals surface area contributed by atoms with Gasteiger partial charge in [-0.2, -0.15) is 0 Å². The SMILES string of the molecule is CC(C)(C)OC(=O)N1CCC(C(=O)OCc2cc(=O)n3ccccc3n2)CC1. The Balaban J connectivity index is 1.53. The number of piperidine rings is 1. The topological polar surface area (TPSA) is 90.2 Å². The molecule has 3 rings (SSSR count). The zero-order chi connectivity index (χ0) is 20.3. The maximum Gasteiger partial charge on any atom is 0.410 e. The number of esters is 1. The third-order valence-corrected chi connectivity index (χ3v) is 4.47. The molecule has 0 saturated carbocycles. The van der Waals surface area contributed by atoms with Crippen LogP contribution in [0.3, 0.4) is 0 Å². The quantitative estimate of drug-likeness (QED) is 0.751. The highest BCUT2D eigenvalue weighted by Gasteiger charge is 2.30. The summed E-state index contributed by atoms with van der Waals surface area (Å²) in [4.78, 5) is 42.5. The highest BCUT2D eigenvalue weighted by atomic mass is 16.6. The Labute approximate surface area is 163 Å². The van der Waals surface area contributed by atoms with Crippen LogP contribution in [0.25, 0.3) is 5.65 Å². The molecule has 0 radical (unpaired) electrons. The third kappa shape index (κ3) is 4.88. The van der Waals surface area contributed by atoms with Gasteiger partial charge in [0, 0.05) is 25.4 Å². The van der Waals surface area contributed by atoms with Crippen LogP contribution in [-0.2, 0) is 20.9 Å². The number of ether oxygens (including phenoxy) is 2. The second-order valence-corrected chi connectivity index (χ2v) is 7.86. The first-order chi connectivity index (χ1) is 13.2. The molecule has 1 saturated heterocycles. The molecule has 1 aliphatic heterocycles. The smallest absolute Gasteiger partial charge is 0.410 e. The van der Waals surface area contributed by atoms with E-state index in [-0.39, 0.29) is 30.1 Å². The third-order valence-electron chi connectivity index (χ3n) is 4.47. The largest absolute Gasteiger partial charge is 0.459 e. The summed E-state index contributed by atoms with van der Waals surface area (Å²) in [5.74, 6) is -0.612. The number of hydrogen-bond donors (Lipinski definition) is 0. The molecule has 0 aromatic carbocycles. The predicted octanol–water partition coefficient (Wildman–Crippen LogP) is 2.38. The minimum Gasteiger partial charge on any atom is -0.459 e. The van der Waals surface area contributed by atoms with Gasteiger partial charge < -0.3 is 14.4 Å². The monoisotopic (exact) mass is 387 g/mol. The molecule has 3 heterocycles. The highest BCUT2D eigenvalue weighted by molar-refractivity contribution is 5.73. The Morgan fingerprint density at radius 1 is 1.21 bits per heavy atom. The zero-order valence-corrected chi connectivity index (χ0v) is 16.4. The fourth-order valence-electron chi connectivity index (χ4n) is 3.06. The maximum absolute atomic E-state index is 12.4. The lowest BCUT2D eigenvalue weighted by Crippen LogP contribution is -2.43. The number of pyridine rings is 1. The van der Waals surface area contributed by atoms with Gasteiger partial charge >= 0.3 is 12.1 Å². The van der Waals surface area contributed by atoms with E-state index in [1.165, 1.54) is 10.5 Å². The van der Waals surface area contributed by atoms with E-state index in [1.807, 2.05) is 20.8 Å². The number of aromatic nitrogens is 2. The molecule has 2 aromatic rings. The zero-order valence-electron chi connectivity index (χ0n) is 16.4.